The molecule has 1 heterocycles. The maximum atomic E-state index is 13.4. The first kappa shape index (κ1) is 23.3. The van der Waals surface area contributed by atoms with E-state index in [9.17, 15) is 4.79 Å². The number of amides is 2. The quantitative estimate of drug-likeness (QED) is 0.430. The summed E-state index contributed by atoms with van der Waals surface area (Å²) >= 11 is 6.45. The Balaban J connectivity index is 1.45. The first-order valence-electron chi connectivity index (χ1n) is 11.8. The van der Waals surface area contributed by atoms with Crippen molar-refractivity contribution in [1.29, 1.82) is 0 Å². The predicted octanol–water partition coefficient (Wildman–Crippen LogP) is 6.60. The van der Waals surface area contributed by atoms with E-state index in [1.165, 1.54) is 11.1 Å². The third-order valence-corrected chi connectivity index (χ3v) is 6.79. The highest BCUT2D eigenvalue weighted by Gasteiger charge is 2.28. The number of urea groups is 1. The van der Waals surface area contributed by atoms with E-state index in [4.69, 9.17) is 11.6 Å². The monoisotopic (exact) mass is 461 g/mol. The minimum Gasteiger partial charge on any atom is -0.317 e. The number of nitrogens with zero attached hydrogens (tertiary/aromatic N) is 2. The van der Waals surface area contributed by atoms with Crippen molar-refractivity contribution in [3.63, 3.8) is 0 Å². The zero-order valence-corrected chi connectivity index (χ0v) is 20.0. The molecule has 2 amide bonds. The van der Waals surface area contributed by atoms with E-state index in [2.05, 4.69) is 59.6 Å². The van der Waals surface area contributed by atoms with E-state index in [0.717, 1.165) is 50.1 Å². The van der Waals surface area contributed by atoms with Gasteiger partial charge >= 0.3 is 6.03 Å². The minimum atomic E-state index is -0.0688. The van der Waals surface area contributed by atoms with Crippen molar-refractivity contribution in [2.24, 2.45) is 0 Å². The van der Waals surface area contributed by atoms with Crippen LogP contribution in [0.25, 0.3) is 0 Å². The number of anilines is 1. The van der Waals surface area contributed by atoms with Crippen LogP contribution in [-0.2, 0) is 19.5 Å². The number of likely N-dealkylation sites (tertiary alicyclic amines) is 1. The molecule has 0 radical (unpaired) electrons. The summed E-state index contributed by atoms with van der Waals surface area (Å²) in [6, 6.07) is 26.6. The van der Waals surface area contributed by atoms with Crippen molar-refractivity contribution in [2.45, 2.75) is 45.3 Å². The SMILES string of the molecule is CCc1ccc(NC(=O)N(Cc2ccccc2Cl)C2CCN(Cc3ccccc3)CC2)cc1. The Morgan fingerprint density at radius 1 is 0.939 bits per heavy atom. The first-order valence-corrected chi connectivity index (χ1v) is 12.2. The molecular formula is C28H32ClN3O. The Bertz CT molecular complexity index is 1030. The molecule has 0 aromatic heterocycles. The Kier molecular flexibility index (Phi) is 8.03. The zero-order chi connectivity index (χ0) is 23.0. The van der Waals surface area contributed by atoms with Gasteiger partial charge in [-0.15, -0.1) is 0 Å². The number of benzene rings is 3. The summed E-state index contributed by atoms with van der Waals surface area (Å²) in [6.07, 6.45) is 2.87. The Morgan fingerprint density at radius 3 is 2.27 bits per heavy atom. The molecule has 1 saturated heterocycles. The highest BCUT2D eigenvalue weighted by molar-refractivity contribution is 6.31. The van der Waals surface area contributed by atoms with Crippen molar-refractivity contribution in [1.82, 2.24) is 9.80 Å². The Hall–Kier alpha value is -2.82. The van der Waals surface area contributed by atoms with E-state index >= 15 is 0 Å². The maximum absolute atomic E-state index is 13.4. The summed E-state index contributed by atoms with van der Waals surface area (Å²) in [4.78, 5) is 17.9. The van der Waals surface area contributed by atoms with Gasteiger partial charge in [0.05, 0.1) is 0 Å². The number of halogens is 1. The highest BCUT2D eigenvalue weighted by atomic mass is 35.5. The van der Waals surface area contributed by atoms with Crippen LogP contribution in [0.1, 0.15) is 36.5 Å². The summed E-state index contributed by atoms with van der Waals surface area (Å²) in [5, 5.41) is 3.81. The second-order valence-electron chi connectivity index (χ2n) is 8.69. The maximum Gasteiger partial charge on any atom is 0.322 e. The summed E-state index contributed by atoms with van der Waals surface area (Å²) in [5.41, 5.74) is 4.38. The summed E-state index contributed by atoms with van der Waals surface area (Å²) < 4.78 is 0. The number of nitrogens with one attached hydrogen (secondary N) is 1. The highest BCUT2D eigenvalue weighted by Crippen LogP contribution is 2.24. The van der Waals surface area contributed by atoms with Crippen LogP contribution in [0.5, 0.6) is 0 Å². The number of rotatable bonds is 7. The van der Waals surface area contributed by atoms with Crippen LogP contribution in [0.15, 0.2) is 78.9 Å². The summed E-state index contributed by atoms with van der Waals surface area (Å²) in [5.74, 6) is 0. The molecule has 1 aliphatic rings. The molecule has 1 N–H and O–H groups in total. The molecule has 3 aromatic rings. The average molecular weight is 462 g/mol. The van der Waals surface area contributed by atoms with Crippen molar-refractivity contribution in [2.75, 3.05) is 18.4 Å². The topological polar surface area (TPSA) is 35.6 Å². The fraction of sp³-hybridized carbons (Fsp3) is 0.321. The van der Waals surface area contributed by atoms with E-state index in [0.29, 0.717) is 11.6 Å². The standard InChI is InChI=1S/C28H32ClN3O/c1-2-22-12-14-25(15-13-22)30-28(33)32(21-24-10-6-7-11-27(24)29)26-16-18-31(19-17-26)20-23-8-4-3-5-9-23/h3-15,26H,2,16-21H2,1H3,(H,30,33). The molecule has 0 saturated carbocycles. The van der Waals surface area contributed by atoms with Gasteiger partial charge in [-0.25, -0.2) is 4.79 Å². The van der Waals surface area contributed by atoms with Gasteiger partial charge in [-0.2, -0.15) is 0 Å². The van der Waals surface area contributed by atoms with Gasteiger partial charge in [0.2, 0.25) is 0 Å². The van der Waals surface area contributed by atoms with Crippen LogP contribution in [0.4, 0.5) is 10.5 Å². The molecule has 5 heteroatoms. The van der Waals surface area contributed by atoms with E-state index < -0.39 is 0 Å². The predicted molar refractivity (Wildman–Crippen MR) is 137 cm³/mol. The van der Waals surface area contributed by atoms with Crippen molar-refractivity contribution in [3.8, 4) is 0 Å². The van der Waals surface area contributed by atoms with Gasteiger partial charge in [-0.1, -0.05) is 79.2 Å². The Morgan fingerprint density at radius 2 is 1.61 bits per heavy atom. The molecule has 0 spiro atoms. The van der Waals surface area contributed by atoms with E-state index in [-0.39, 0.29) is 12.1 Å². The van der Waals surface area contributed by atoms with Crippen molar-refractivity contribution < 1.29 is 4.79 Å². The molecule has 4 rings (SSSR count). The molecule has 0 bridgehead atoms. The zero-order valence-electron chi connectivity index (χ0n) is 19.2. The molecule has 4 nitrogen and oxygen atoms in total. The lowest BCUT2D eigenvalue weighted by Crippen LogP contribution is -2.48. The van der Waals surface area contributed by atoms with Gasteiger partial charge in [0.15, 0.2) is 0 Å². The number of carbonyl (C=O) groups excluding carboxylic acids is 1. The lowest BCUT2D eigenvalue weighted by Gasteiger charge is -2.38. The van der Waals surface area contributed by atoms with Crippen LogP contribution in [-0.4, -0.2) is 35.0 Å². The lowest BCUT2D eigenvalue weighted by molar-refractivity contribution is 0.120. The molecule has 1 fully saturated rings. The van der Waals surface area contributed by atoms with Crippen LogP contribution < -0.4 is 5.32 Å². The molecular weight excluding hydrogens is 430 g/mol. The fourth-order valence-corrected chi connectivity index (χ4v) is 4.62. The van der Waals surface area contributed by atoms with E-state index in [1.54, 1.807) is 0 Å². The van der Waals surface area contributed by atoms with Gasteiger partial charge in [-0.05, 0) is 54.2 Å². The Labute approximate surface area is 202 Å². The number of piperidine rings is 1. The van der Waals surface area contributed by atoms with Crippen molar-refractivity contribution >= 4 is 23.3 Å². The van der Waals surface area contributed by atoms with Crippen LogP contribution >= 0.6 is 11.6 Å². The molecule has 1 aliphatic heterocycles. The fourth-order valence-electron chi connectivity index (χ4n) is 4.43. The average Bonchev–Trinajstić information content (AvgIpc) is 2.85. The molecule has 172 valence electrons. The van der Waals surface area contributed by atoms with Gasteiger partial charge in [0.25, 0.3) is 0 Å². The lowest BCUT2D eigenvalue weighted by atomic mass is 10.0. The van der Waals surface area contributed by atoms with Gasteiger partial charge in [0, 0.05) is 42.9 Å². The second-order valence-corrected chi connectivity index (χ2v) is 9.10. The molecule has 33 heavy (non-hydrogen) atoms. The van der Waals surface area contributed by atoms with Crippen LogP contribution in [0.3, 0.4) is 0 Å². The summed E-state index contributed by atoms with van der Waals surface area (Å²) in [6.45, 7) is 5.52. The number of hydrogen-bond donors (Lipinski definition) is 1. The van der Waals surface area contributed by atoms with Gasteiger partial charge in [-0.3, -0.25) is 4.90 Å². The number of aryl methyl sites for hydroxylation is 1. The third kappa shape index (κ3) is 6.37. The minimum absolute atomic E-state index is 0.0688. The van der Waals surface area contributed by atoms with Crippen LogP contribution in [0, 0.1) is 0 Å². The molecule has 3 aromatic carbocycles. The van der Waals surface area contributed by atoms with Gasteiger partial charge in [0.1, 0.15) is 0 Å². The number of hydrogen-bond acceptors (Lipinski definition) is 2. The first-order chi connectivity index (χ1) is 16.1. The number of carbonyl (C=O) groups is 1. The smallest absolute Gasteiger partial charge is 0.317 e. The van der Waals surface area contributed by atoms with Gasteiger partial charge < -0.3 is 10.2 Å². The summed E-state index contributed by atoms with van der Waals surface area (Å²) in [7, 11) is 0. The molecule has 0 unspecified atom stereocenters. The normalized spacial score (nSPS) is 14.7. The van der Waals surface area contributed by atoms with E-state index in [1.807, 2.05) is 41.3 Å². The van der Waals surface area contributed by atoms with Crippen LogP contribution in [0.2, 0.25) is 5.02 Å². The molecule has 0 atom stereocenters. The third-order valence-electron chi connectivity index (χ3n) is 6.42. The van der Waals surface area contributed by atoms with Crippen molar-refractivity contribution in [3.05, 3.63) is 101 Å². The largest absolute Gasteiger partial charge is 0.322 e. The second kappa shape index (κ2) is 11.4. The molecule has 0 aliphatic carbocycles.